The van der Waals surface area contributed by atoms with Gasteiger partial charge in [0.25, 0.3) is 5.91 Å². The minimum atomic E-state index is -4.56. The van der Waals surface area contributed by atoms with E-state index in [4.69, 9.17) is 0 Å². The average molecular weight is 561 g/mol. The van der Waals surface area contributed by atoms with Gasteiger partial charge >= 0.3 is 12.2 Å². The van der Waals surface area contributed by atoms with E-state index in [1.54, 1.807) is 24.4 Å². The van der Waals surface area contributed by atoms with E-state index in [0.717, 1.165) is 45.9 Å². The molecule has 4 aromatic rings. The van der Waals surface area contributed by atoms with Crippen molar-refractivity contribution in [3.8, 4) is 0 Å². The zero-order valence-electron chi connectivity index (χ0n) is 22.8. The predicted octanol–water partition coefficient (Wildman–Crippen LogP) is 7.28. The van der Waals surface area contributed by atoms with Gasteiger partial charge in [-0.1, -0.05) is 12.1 Å². The van der Waals surface area contributed by atoms with E-state index in [1.807, 2.05) is 39.8 Å². The lowest BCUT2D eigenvalue weighted by Crippen LogP contribution is -2.39. The molecule has 2 aromatic carbocycles. The number of rotatable bonds is 5. The summed E-state index contributed by atoms with van der Waals surface area (Å²) in [6, 6.07) is 12.7. The molecule has 0 saturated heterocycles. The average Bonchev–Trinajstić information content (AvgIpc) is 2.92. The number of urea groups is 1. The number of aryl methyl sites for hydroxylation is 3. The van der Waals surface area contributed by atoms with Crippen LogP contribution in [-0.4, -0.2) is 21.9 Å². The minimum absolute atomic E-state index is 0.130. The fourth-order valence-electron chi connectivity index (χ4n) is 4.66. The molecule has 3 heterocycles. The number of nitrogens with one attached hydrogen (secondary N) is 3. The van der Waals surface area contributed by atoms with E-state index >= 15 is 0 Å². The standard InChI is InChI=1S/C30H27F3N6O2/c1-16-8-10-23(36-28(40)20-6-5-7-22(12-20)30(31,32)33)13-25(16)39-15-21-14-34-27(18(3)26(21)38-29(39)41)37-24-11-9-17(2)35-19(24)4/h5-14H,15H2,1-4H3,(H,34,37)(H,36,40)(H,38,41). The molecule has 210 valence electrons. The van der Waals surface area contributed by atoms with Crippen molar-refractivity contribution in [2.45, 2.75) is 40.4 Å². The summed E-state index contributed by atoms with van der Waals surface area (Å²) in [5.74, 6) is -0.0973. The van der Waals surface area contributed by atoms with Crippen LogP contribution in [-0.2, 0) is 12.7 Å². The molecule has 0 radical (unpaired) electrons. The van der Waals surface area contributed by atoms with Crippen LogP contribution in [0.15, 0.2) is 60.8 Å². The Labute approximate surface area is 234 Å². The van der Waals surface area contributed by atoms with E-state index in [-0.39, 0.29) is 18.1 Å². The van der Waals surface area contributed by atoms with Gasteiger partial charge in [-0.2, -0.15) is 13.2 Å². The maximum Gasteiger partial charge on any atom is 0.416 e. The third-order valence-electron chi connectivity index (χ3n) is 6.89. The number of halogens is 3. The van der Waals surface area contributed by atoms with Gasteiger partial charge in [-0.3, -0.25) is 14.7 Å². The van der Waals surface area contributed by atoms with Gasteiger partial charge in [0.15, 0.2) is 0 Å². The molecule has 3 N–H and O–H groups in total. The highest BCUT2D eigenvalue weighted by atomic mass is 19.4. The lowest BCUT2D eigenvalue weighted by molar-refractivity contribution is -0.137. The molecule has 8 nitrogen and oxygen atoms in total. The summed E-state index contributed by atoms with van der Waals surface area (Å²) in [6.07, 6.45) is -2.87. The quantitative estimate of drug-likeness (QED) is 0.238. The van der Waals surface area contributed by atoms with Crippen molar-refractivity contribution in [1.82, 2.24) is 9.97 Å². The monoisotopic (exact) mass is 560 g/mol. The van der Waals surface area contributed by atoms with Crippen molar-refractivity contribution in [3.05, 3.63) is 100.0 Å². The number of alkyl halides is 3. The largest absolute Gasteiger partial charge is 0.416 e. The zero-order valence-corrected chi connectivity index (χ0v) is 22.8. The summed E-state index contributed by atoms with van der Waals surface area (Å²) in [4.78, 5) is 36.6. The minimum Gasteiger partial charge on any atom is -0.338 e. The molecular formula is C30H27F3N6O2. The lowest BCUT2D eigenvalue weighted by atomic mass is 10.1. The van der Waals surface area contributed by atoms with Gasteiger partial charge in [0.05, 0.1) is 34.9 Å². The topological polar surface area (TPSA) is 99.3 Å². The third-order valence-corrected chi connectivity index (χ3v) is 6.89. The molecule has 0 spiro atoms. The number of fused-ring (bicyclic) bond motifs is 1. The molecule has 41 heavy (non-hydrogen) atoms. The van der Waals surface area contributed by atoms with Crippen LogP contribution < -0.4 is 20.9 Å². The number of benzene rings is 2. The Kier molecular flexibility index (Phi) is 7.12. The van der Waals surface area contributed by atoms with Crippen molar-refractivity contribution in [2.75, 3.05) is 20.9 Å². The molecule has 2 aromatic heterocycles. The van der Waals surface area contributed by atoms with Gasteiger partial charge in [-0.05, 0) is 75.7 Å². The molecule has 3 amide bonds. The zero-order chi connectivity index (χ0) is 29.5. The Morgan fingerprint density at radius 3 is 2.54 bits per heavy atom. The smallest absolute Gasteiger partial charge is 0.338 e. The van der Waals surface area contributed by atoms with E-state index in [1.165, 1.54) is 17.0 Å². The van der Waals surface area contributed by atoms with Gasteiger partial charge in [-0.25, -0.2) is 9.78 Å². The number of hydrogen-bond acceptors (Lipinski definition) is 5. The first kappa shape index (κ1) is 27.6. The van der Waals surface area contributed by atoms with Crippen LogP contribution in [0.5, 0.6) is 0 Å². The van der Waals surface area contributed by atoms with Crippen LogP contribution in [0.3, 0.4) is 0 Å². The maximum atomic E-state index is 13.3. The van der Waals surface area contributed by atoms with Crippen LogP contribution in [0.2, 0.25) is 0 Å². The molecule has 0 saturated carbocycles. The number of pyridine rings is 2. The number of carbonyl (C=O) groups is 2. The number of anilines is 5. The highest BCUT2D eigenvalue weighted by molar-refractivity contribution is 6.07. The normalized spacial score (nSPS) is 13.0. The first-order chi connectivity index (χ1) is 19.4. The molecule has 1 aliphatic rings. The molecule has 0 unspecified atom stereocenters. The van der Waals surface area contributed by atoms with E-state index in [2.05, 4.69) is 25.9 Å². The summed E-state index contributed by atoms with van der Waals surface area (Å²) in [5, 5.41) is 8.89. The molecule has 11 heteroatoms. The lowest BCUT2D eigenvalue weighted by Gasteiger charge is -2.32. The first-order valence-electron chi connectivity index (χ1n) is 12.8. The first-order valence-corrected chi connectivity index (χ1v) is 12.8. The SMILES string of the molecule is Cc1ccc(Nc2ncc3c(c2C)NC(=O)N(c2cc(NC(=O)c4cccc(C(F)(F)F)c4)ccc2C)C3)c(C)n1. The fourth-order valence-corrected chi connectivity index (χ4v) is 4.66. The van der Waals surface area contributed by atoms with Gasteiger partial charge in [0.1, 0.15) is 5.82 Å². The van der Waals surface area contributed by atoms with E-state index in [9.17, 15) is 22.8 Å². The van der Waals surface area contributed by atoms with Crippen LogP contribution >= 0.6 is 0 Å². The predicted molar refractivity (Wildman–Crippen MR) is 152 cm³/mol. The van der Waals surface area contributed by atoms with Gasteiger partial charge in [0.2, 0.25) is 0 Å². The van der Waals surface area contributed by atoms with Crippen molar-refractivity contribution in [2.24, 2.45) is 0 Å². The fraction of sp³-hybridized carbons (Fsp3) is 0.200. The summed E-state index contributed by atoms with van der Waals surface area (Å²) >= 11 is 0. The number of carbonyl (C=O) groups excluding carboxylic acids is 2. The van der Waals surface area contributed by atoms with Gasteiger partial charge < -0.3 is 16.0 Å². The Morgan fingerprint density at radius 1 is 1.02 bits per heavy atom. The van der Waals surface area contributed by atoms with E-state index in [0.29, 0.717) is 22.9 Å². The Balaban J connectivity index is 1.38. The maximum absolute atomic E-state index is 13.3. The van der Waals surface area contributed by atoms with E-state index < -0.39 is 17.6 Å². The molecule has 0 aliphatic carbocycles. The summed E-state index contributed by atoms with van der Waals surface area (Å²) in [6.45, 7) is 7.75. The van der Waals surface area contributed by atoms with Crippen molar-refractivity contribution >= 4 is 40.5 Å². The second-order valence-electron chi connectivity index (χ2n) is 9.89. The number of amides is 3. The van der Waals surface area contributed by atoms with Crippen molar-refractivity contribution < 1.29 is 22.8 Å². The third kappa shape index (κ3) is 5.69. The number of aromatic nitrogens is 2. The molecule has 1 aliphatic heterocycles. The summed E-state index contributed by atoms with van der Waals surface area (Å²) in [5.41, 5.74) is 5.38. The molecule has 0 fully saturated rings. The highest BCUT2D eigenvalue weighted by Gasteiger charge is 2.31. The molecule has 5 rings (SSSR count). The van der Waals surface area contributed by atoms with Crippen molar-refractivity contribution in [3.63, 3.8) is 0 Å². The van der Waals surface area contributed by atoms with Crippen LogP contribution in [0.25, 0.3) is 0 Å². The molecule has 0 atom stereocenters. The van der Waals surface area contributed by atoms with Crippen LogP contribution in [0.1, 0.15) is 44.0 Å². The summed E-state index contributed by atoms with van der Waals surface area (Å²) < 4.78 is 39.3. The second kappa shape index (κ2) is 10.6. The number of nitrogens with zero attached hydrogens (tertiary/aromatic N) is 3. The Hall–Kier alpha value is -4.93. The van der Waals surface area contributed by atoms with Gasteiger partial charge in [-0.15, -0.1) is 0 Å². The van der Waals surface area contributed by atoms with Crippen molar-refractivity contribution in [1.29, 1.82) is 0 Å². The molecule has 0 bridgehead atoms. The highest BCUT2D eigenvalue weighted by Crippen LogP contribution is 2.36. The second-order valence-corrected chi connectivity index (χ2v) is 9.89. The van der Waals surface area contributed by atoms with Gasteiger partial charge in [0, 0.05) is 34.3 Å². The Bertz CT molecular complexity index is 1690. The Morgan fingerprint density at radius 2 is 1.80 bits per heavy atom. The van der Waals surface area contributed by atoms with Crippen LogP contribution in [0.4, 0.5) is 46.5 Å². The number of hydrogen-bond donors (Lipinski definition) is 3. The van der Waals surface area contributed by atoms with Crippen LogP contribution in [0, 0.1) is 27.7 Å². The molecular weight excluding hydrogens is 533 g/mol. The summed E-state index contributed by atoms with van der Waals surface area (Å²) in [7, 11) is 0.